The summed E-state index contributed by atoms with van der Waals surface area (Å²) in [5.41, 5.74) is 3.60. The molecule has 7 nitrogen and oxygen atoms in total. The molecule has 2 amide bonds. The molecule has 2 N–H and O–H groups in total. The Morgan fingerprint density at radius 1 is 1.06 bits per heavy atom. The molecule has 0 spiro atoms. The number of nitrogens with one attached hydrogen (secondary N) is 1. The van der Waals surface area contributed by atoms with E-state index in [4.69, 9.17) is 4.74 Å². The van der Waals surface area contributed by atoms with Crippen LogP contribution in [0.5, 0.6) is 0 Å². The third kappa shape index (κ3) is 3.75. The van der Waals surface area contributed by atoms with Gasteiger partial charge < -0.3 is 20.1 Å². The van der Waals surface area contributed by atoms with Crippen LogP contribution >= 0.6 is 0 Å². The number of carboxylic acid groups (broad SMARTS) is 1. The van der Waals surface area contributed by atoms with Crippen molar-refractivity contribution in [2.24, 2.45) is 5.92 Å². The highest BCUT2D eigenvalue weighted by molar-refractivity contribution is 5.93. The molecule has 1 saturated carbocycles. The quantitative estimate of drug-likeness (QED) is 0.726. The maximum Gasteiger partial charge on any atom is 0.408 e. The number of carbonyl (C=O) groups excluding carboxylic acids is 2. The first-order valence-electron chi connectivity index (χ1n) is 11.6. The molecular formula is C26H28N2O5. The van der Waals surface area contributed by atoms with Gasteiger partial charge in [0, 0.05) is 18.5 Å². The molecule has 5 rings (SSSR count). The van der Waals surface area contributed by atoms with Crippen molar-refractivity contribution in [3.05, 3.63) is 59.7 Å². The van der Waals surface area contributed by atoms with Gasteiger partial charge in [-0.05, 0) is 54.9 Å². The smallest absolute Gasteiger partial charge is 0.408 e. The van der Waals surface area contributed by atoms with E-state index in [-0.39, 0.29) is 18.4 Å². The Balaban J connectivity index is 1.25. The van der Waals surface area contributed by atoms with Crippen LogP contribution in [0.15, 0.2) is 48.5 Å². The molecule has 0 bridgehead atoms. The largest absolute Gasteiger partial charge is 0.481 e. The van der Waals surface area contributed by atoms with Gasteiger partial charge in [-0.3, -0.25) is 9.59 Å². The van der Waals surface area contributed by atoms with Gasteiger partial charge in [0.2, 0.25) is 5.91 Å². The lowest BCUT2D eigenvalue weighted by Gasteiger charge is -2.39. The number of likely N-dealkylation sites (tertiary alicyclic amines) is 1. The first-order valence-corrected chi connectivity index (χ1v) is 11.6. The minimum absolute atomic E-state index is 0.0487. The molecule has 2 unspecified atom stereocenters. The average molecular weight is 449 g/mol. The summed E-state index contributed by atoms with van der Waals surface area (Å²) in [6.07, 6.45) is 1.68. The van der Waals surface area contributed by atoms with E-state index < -0.39 is 29.6 Å². The summed E-state index contributed by atoms with van der Waals surface area (Å²) in [6.45, 7) is 2.47. The Kier molecular flexibility index (Phi) is 5.35. The minimum atomic E-state index is -0.975. The fraction of sp³-hybridized carbons (Fsp3) is 0.423. The highest BCUT2D eigenvalue weighted by Gasteiger charge is 2.55. The molecule has 0 aromatic heterocycles. The number of carboxylic acids is 1. The number of fused-ring (bicyclic) bond motifs is 3. The van der Waals surface area contributed by atoms with E-state index in [9.17, 15) is 19.5 Å². The van der Waals surface area contributed by atoms with Crippen molar-refractivity contribution in [1.29, 1.82) is 0 Å². The average Bonchev–Trinajstić information content (AvgIpc) is 3.52. The number of nitrogens with zero attached hydrogens (tertiary/aromatic N) is 1. The summed E-state index contributed by atoms with van der Waals surface area (Å²) < 4.78 is 5.62. The van der Waals surface area contributed by atoms with Crippen LogP contribution in [0.3, 0.4) is 0 Å². The van der Waals surface area contributed by atoms with Crippen molar-refractivity contribution in [1.82, 2.24) is 10.2 Å². The number of ether oxygens (including phenoxy) is 1. The third-order valence-corrected chi connectivity index (χ3v) is 7.41. The van der Waals surface area contributed by atoms with Gasteiger partial charge in [0.25, 0.3) is 0 Å². The Bertz CT molecular complexity index is 1060. The summed E-state index contributed by atoms with van der Waals surface area (Å²) in [4.78, 5) is 39.1. The summed E-state index contributed by atoms with van der Waals surface area (Å²) in [5.74, 6) is -1.70. The number of rotatable bonds is 5. The first kappa shape index (κ1) is 21.5. The van der Waals surface area contributed by atoms with Gasteiger partial charge in [0.05, 0.1) is 5.92 Å². The lowest BCUT2D eigenvalue weighted by atomic mass is 9.89. The van der Waals surface area contributed by atoms with Gasteiger partial charge in [-0.25, -0.2) is 4.79 Å². The summed E-state index contributed by atoms with van der Waals surface area (Å²) in [5, 5.41) is 12.3. The highest BCUT2D eigenvalue weighted by Crippen LogP contribution is 2.45. The highest BCUT2D eigenvalue weighted by atomic mass is 16.5. The molecule has 172 valence electrons. The van der Waals surface area contributed by atoms with E-state index in [2.05, 4.69) is 29.6 Å². The van der Waals surface area contributed by atoms with Crippen LogP contribution < -0.4 is 5.32 Å². The zero-order valence-electron chi connectivity index (χ0n) is 18.6. The number of hydrogen-bond donors (Lipinski definition) is 2. The maximum atomic E-state index is 13.2. The van der Waals surface area contributed by atoms with Crippen LogP contribution in [0, 0.1) is 5.92 Å². The summed E-state index contributed by atoms with van der Waals surface area (Å²) in [7, 11) is 0. The van der Waals surface area contributed by atoms with Gasteiger partial charge in [-0.15, -0.1) is 0 Å². The van der Waals surface area contributed by atoms with Crippen LogP contribution in [0.1, 0.15) is 49.7 Å². The molecule has 2 aromatic rings. The molecule has 1 heterocycles. The SMILES string of the molecule is CC1C(C(=O)O)CCCN1C(=O)C1(NC(=O)OCC2c3ccccc3-c3ccccc32)CC1. The van der Waals surface area contributed by atoms with Crippen LogP contribution in [-0.4, -0.2) is 52.7 Å². The lowest BCUT2D eigenvalue weighted by molar-refractivity contribution is -0.150. The van der Waals surface area contributed by atoms with E-state index in [1.807, 2.05) is 24.3 Å². The zero-order valence-corrected chi connectivity index (χ0v) is 18.6. The van der Waals surface area contributed by atoms with Gasteiger partial charge in [0.1, 0.15) is 12.1 Å². The van der Waals surface area contributed by atoms with E-state index in [0.717, 1.165) is 22.3 Å². The van der Waals surface area contributed by atoms with E-state index >= 15 is 0 Å². The predicted octanol–water partition coefficient (Wildman–Crippen LogP) is 3.77. The Hall–Kier alpha value is -3.35. The van der Waals surface area contributed by atoms with Crippen LogP contribution in [0.2, 0.25) is 0 Å². The monoisotopic (exact) mass is 448 g/mol. The molecule has 2 aliphatic carbocycles. The number of amides is 2. The number of aliphatic carboxylic acids is 1. The van der Waals surface area contributed by atoms with Crippen molar-refractivity contribution in [2.45, 2.75) is 50.1 Å². The lowest BCUT2D eigenvalue weighted by Crippen LogP contribution is -2.57. The summed E-state index contributed by atoms with van der Waals surface area (Å²) >= 11 is 0. The van der Waals surface area contributed by atoms with Crippen LogP contribution in [-0.2, 0) is 14.3 Å². The number of hydrogen-bond acceptors (Lipinski definition) is 4. The first-order chi connectivity index (χ1) is 15.9. The topological polar surface area (TPSA) is 95.9 Å². The Morgan fingerprint density at radius 3 is 2.24 bits per heavy atom. The maximum absolute atomic E-state index is 13.2. The van der Waals surface area contributed by atoms with Gasteiger partial charge >= 0.3 is 12.1 Å². The van der Waals surface area contributed by atoms with Crippen molar-refractivity contribution in [2.75, 3.05) is 13.2 Å². The molecule has 2 fully saturated rings. The molecule has 33 heavy (non-hydrogen) atoms. The van der Waals surface area contributed by atoms with Gasteiger partial charge in [0.15, 0.2) is 0 Å². The molecule has 2 atom stereocenters. The molecule has 1 aliphatic heterocycles. The molecule has 2 aromatic carbocycles. The van der Waals surface area contributed by atoms with Gasteiger partial charge in [-0.1, -0.05) is 48.5 Å². The molecule has 1 saturated heterocycles. The third-order valence-electron chi connectivity index (χ3n) is 7.41. The standard InChI is InChI=1S/C26H28N2O5/c1-16-17(23(29)30)11-6-14-28(16)24(31)26(12-13-26)27-25(32)33-15-22-20-9-4-2-7-18(20)19-8-3-5-10-21(19)22/h2-5,7-10,16-17,22H,6,11-15H2,1H3,(H,27,32)(H,29,30). The van der Waals surface area contributed by atoms with Crippen LogP contribution in [0.4, 0.5) is 4.79 Å². The molecular weight excluding hydrogens is 420 g/mol. The fourth-order valence-corrected chi connectivity index (χ4v) is 5.38. The minimum Gasteiger partial charge on any atom is -0.481 e. The van der Waals surface area contributed by atoms with Crippen molar-refractivity contribution in [3.8, 4) is 11.1 Å². The van der Waals surface area contributed by atoms with E-state index in [0.29, 0.717) is 32.2 Å². The molecule has 0 radical (unpaired) electrons. The summed E-state index contributed by atoms with van der Waals surface area (Å²) in [6, 6.07) is 15.9. The number of alkyl carbamates (subject to hydrolysis) is 1. The second-order valence-corrected chi connectivity index (χ2v) is 9.36. The van der Waals surface area contributed by atoms with Gasteiger partial charge in [-0.2, -0.15) is 0 Å². The second kappa shape index (κ2) is 8.21. The molecule has 3 aliphatic rings. The normalized spacial score (nSPS) is 22.8. The number of carbonyl (C=O) groups is 3. The predicted molar refractivity (Wildman–Crippen MR) is 122 cm³/mol. The van der Waals surface area contributed by atoms with Crippen molar-refractivity contribution >= 4 is 18.0 Å². The van der Waals surface area contributed by atoms with Crippen molar-refractivity contribution < 1.29 is 24.2 Å². The number of benzene rings is 2. The fourth-order valence-electron chi connectivity index (χ4n) is 5.38. The zero-order chi connectivity index (χ0) is 23.2. The van der Waals surface area contributed by atoms with E-state index in [1.54, 1.807) is 11.8 Å². The van der Waals surface area contributed by atoms with Crippen molar-refractivity contribution in [3.63, 3.8) is 0 Å². The number of piperidine rings is 1. The van der Waals surface area contributed by atoms with Crippen LogP contribution in [0.25, 0.3) is 11.1 Å². The Morgan fingerprint density at radius 2 is 1.67 bits per heavy atom. The van der Waals surface area contributed by atoms with E-state index in [1.165, 1.54) is 0 Å². The molecule has 7 heteroatoms. The Labute approximate surface area is 192 Å². The second-order valence-electron chi connectivity index (χ2n) is 9.36.